The van der Waals surface area contributed by atoms with E-state index in [1.807, 2.05) is 23.1 Å². The first kappa shape index (κ1) is 11.7. The average molecular weight is 273 g/mol. The Kier molecular flexibility index (Phi) is 2.89. The third-order valence-electron chi connectivity index (χ3n) is 2.55. The molecule has 0 radical (unpaired) electrons. The molecule has 3 rings (SSSR count). The van der Waals surface area contributed by atoms with Gasteiger partial charge in [-0.25, -0.2) is 0 Å². The minimum Gasteiger partial charge on any atom is -0.337 e. The number of benzene rings is 1. The summed E-state index contributed by atoms with van der Waals surface area (Å²) in [4.78, 5) is 14.3. The van der Waals surface area contributed by atoms with Crippen molar-refractivity contribution in [3.63, 3.8) is 0 Å². The van der Waals surface area contributed by atoms with Crippen LogP contribution in [0.15, 0.2) is 24.3 Å². The average Bonchev–Trinajstić information content (AvgIpc) is 3.25. The Morgan fingerprint density at radius 1 is 1.16 bits per heavy atom. The van der Waals surface area contributed by atoms with Gasteiger partial charge in [-0.15, -0.1) is 0 Å². The summed E-state index contributed by atoms with van der Waals surface area (Å²) in [5.41, 5.74) is 0.802. The Hall–Kier alpha value is -2.39. The molecule has 0 aliphatic carbocycles. The molecule has 0 amide bonds. The summed E-state index contributed by atoms with van der Waals surface area (Å²) in [5, 5.41) is 12.6. The number of aromatic nitrogens is 3. The van der Waals surface area contributed by atoms with Crippen LogP contribution >= 0.6 is 11.6 Å². The molecule has 1 N–H and O–H groups in total. The molecule has 19 heavy (non-hydrogen) atoms. The number of hydrogen-bond acceptors (Lipinski definition) is 6. The van der Waals surface area contributed by atoms with Crippen molar-refractivity contribution in [3.05, 3.63) is 35.1 Å². The van der Waals surface area contributed by atoms with Gasteiger partial charge in [-0.2, -0.15) is 20.2 Å². The molecule has 1 saturated heterocycles. The van der Waals surface area contributed by atoms with Crippen LogP contribution in [-0.2, 0) is 0 Å². The lowest BCUT2D eigenvalue weighted by Crippen LogP contribution is -2.06. The highest BCUT2D eigenvalue weighted by molar-refractivity contribution is 6.30. The third kappa shape index (κ3) is 2.72. The second kappa shape index (κ2) is 4.71. The van der Waals surface area contributed by atoms with Crippen LogP contribution in [0.2, 0.25) is 5.02 Å². The number of anilines is 3. The summed E-state index contributed by atoms with van der Waals surface area (Å²) < 4.78 is 0. The van der Waals surface area contributed by atoms with Crippen molar-refractivity contribution < 1.29 is 0 Å². The Morgan fingerprint density at radius 2 is 1.89 bits per heavy atom. The molecule has 0 saturated carbocycles. The van der Waals surface area contributed by atoms with Gasteiger partial charge < -0.3 is 10.2 Å². The Bertz CT molecular complexity index is 644. The minimum absolute atomic E-state index is 0.105. The molecule has 1 aromatic carbocycles. The van der Waals surface area contributed by atoms with Crippen molar-refractivity contribution in [2.45, 2.75) is 0 Å². The maximum atomic E-state index is 8.92. The molecule has 0 bridgehead atoms. The first-order chi connectivity index (χ1) is 9.24. The molecule has 94 valence electrons. The minimum atomic E-state index is 0.105. The van der Waals surface area contributed by atoms with E-state index in [-0.39, 0.29) is 5.82 Å². The predicted molar refractivity (Wildman–Crippen MR) is 71.5 cm³/mol. The van der Waals surface area contributed by atoms with Crippen LogP contribution in [0.5, 0.6) is 0 Å². The standard InChI is InChI=1S/C12H9ClN6/c13-8-1-3-9(4-2-8)15-11-16-10(7-14)17-12(18-11)19-5-6-19/h1-4H,5-6H2,(H,15,16,17,18). The molecule has 0 unspecified atom stereocenters. The van der Waals surface area contributed by atoms with E-state index in [0.29, 0.717) is 16.9 Å². The van der Waals surface area contributed by atoms with Gasteiger partial charge in [0.25, 0.3) is 0 Å². The smallest absolute Gasteiger partial charge is 0.238 e. The summed E-state index contributed by atoms with van der Waals surface area (Å²) in [6, 6.07) is 9.10. The topological polar surface area (TPSA) is 77.5 Å². The molecule has 7 heteroatoms. The zero-order valence-electron chi connectivity index (χ0n) is 9.84. The van der Waals surface area contributed by atoms with E-state index in [9.17, 15) is 0 Å². The van der Waals surface area contributed by atoms with E-state index < -0.39 is 0 Å². The van der Waals surface area contributed by atoms with Crippen molar-refractivity contribution in [1.29, 1.82) is 5.26 Å². The SMILES string of the molecule is N#Cc1nc(Nc2ccc(Cl)cc2)nc(N2CC2)n1. The summed E-state index contributed by atoms with van der Waals surface area (Å²) in [6.07, 6.45) is 0. The molecule has 1 fully saturated rings. The Morgan fingerprint density at radius 3 is 2.53 bits per heavy atom. The van der Waals surface area contributed by atoms with Gasteiger partial charge in [0, 0.05) is 23.8 Å². The summed E-state index contributed by atoms with van der Waals surface area (Å²) in [6.45, 7) is 1.82. The quantitative estimate of drug-likeness (QED) is 0.861. The number of nitrogens with zero attached hydrogens (tertiary/aromatic N) is 5. The van der Waals surface area contributed by atoms with Crippen molar-refractivity contribution >= 4 is 29.2 Å². The molecule has 1 aromatic heterocycles. The second-order valence-corrected chi connectivity index (χ2v) is 4.45. The summed E-state index contributed by atoms with van der Waals surface area (Å²) in [7, 11) is 0. The maximum absolute atomic E-state index is 8.92. The highest BCUT2D eigenvalue weighted by Crippen LogP contribution is 2.20. The molecular formula is C12H9ClN6. The molecule has 1 aliphatic heterocycles. The van der Waals surface area contributed by atoms with Gasteiger partial charge in [0.1, 0.15) is 6.07 Å². The van der Waals surface area contributed by atoms with Crippen LogP contribution < -0.4 is 10.2 Å². The molecule has 0 spiro atoms. The van der Waals surface area contributed by atoms with Gasteiger partial charge in [-0.1, -0.05) is 11.6 Å². The zero-order chi connectivity index (χ0) is 13.2. The summed E-state index contributed by atoms with van der Waals surface area (Å²) >= 11 is 5.82. The monoisotopic (exact) mass is 272 g/mol. The van der Waals surface area contributed by atoms with E-state index in [0.717, 1.165) is 18.8 Å². The number of hydrogen-bond donors (Lipinski definition) is 1. The zero-order valence-corrected chi connectivity index (χ0v) is 10.6. The third-order valence-corrected chi connectivity index (χ3v) is 2.81. The van der Waals surface area contributed by atoms with Crippen LogP contribution in [-0.4, -0.2) is 28.0 Å². The van der Waals surface area contributed by atoms with Gasteiger partial charge in [0.15, 0.2) is 0 Å². The van der Waals surface area contributed by atoms with E-state index in [4.69, 9.17) is 16.9 Å². The van der Waals surface area contributed by atoms with Gasteiger partial charge in [0.05, 0.1) is 0 Å². The van der Waals surface area contributed by atoms with Gasteiger partial charge in [-0.05, 0) is 24.3 Å². The highest BCUT2D eigenvalue weighted by Gasteiger charge is 2.22. The lowest BCUT2D eigenvalue weighted by molar-refractivity contribution is 1.00. The predicted octanol–water partition coefficient (Wildman–Crippen LogP) is 1.96. The van der Waals surface area contributed by atoms with Crippen molar-refractivity contribution in [2.24, 2.45) is 0 Å². The van der Waals surface area contributed by atoms with Crippen LogP contribution in [0, 0.1) is 11.3 Å². The highest BCUT2D eigenvalue weighted by atomic mass is 35.5. The maximum Gasteiger partial charge on any atom is 0.238 e. The molecule has 6 nitrogen and oxygen atoms in total. The van der Waals surface area contributed by atoms with Crippen molar-refractivity contribution in [1.82, 2.24) is 15.0 Å². The van der Waals surface area contributed by atoms with E-state index in [1.54, 1.807) is 12.1 Å². The number of nitrogens with one attached hydrogen (secondary N) is 1. The first-order valence-corrected chi connectivity index (χ1v) is 6.06. The molecule has 1 aliphatic rings. The largest absolute Gasteiger partial charge is 0.337 e. The fourth-order valence-electron chi connectivity index (χ4n) is 1.52. The number of rotatable bonds is 3. The van der Waals surface area contributed by atoms with Crippen LogP contribution in [0.4, 0.5) is 17.6 Å². The van der Waals surface area contributed by atoms with Crippen LogP contribution in [0.25, 0.3) is 0 Å². The van der Waals surface area contributed by atoms with E-state index in [2.05, 4.69) is 20.3 Å². The van der Waals surface area contributed by atoms with Gasteiger partial charge in [0.2, 0.25) is 17.7 Å². The summed E-state index contributed by atoms with van der Waals surface area (Å²) in [5.74, 6) is 0.993. The van der Waals surface area contributed by atoms with E-state index >= 15 is 0 Å². The van der Waals surface area contributed by atoms with Gasteiger partial charge in [-0.3, -0.25) is 0 Å². The molecule has 2 heterocycles. The fourth-order valence-corrected chi connectivity index (χ4v) is 1.65. The fraction of sp³-hybridized carbons (Fsp3) is 0.167. The van der Waals surface area contributed by atoms with Crippen LogP contribution in [0.1, 0.15) is 5.82 Å². The number of nitriles is 1. The molecule has 0 atom stereocenters. The molecular weight excluding hydrogens is 264 g/mol. The lowest BCUT2D eigenvalue weighted by Gasteiger charge is -2.07. The van der Waals surface area contributed by atoms with Crippen molar-refractivity contribution in [2.75, 3.05) is 23.3 Å². The first-order valence-electron chi connectivity index (χ1n) is 5.68. The van der Waals surface area contributed by atoms with Crippen LogP contribution in [0.3, 0.4) is 0 Å². The number of halogens is 1. The van der Waals surface area contributed by atoms with E-state index in [1.165, 1.54) is 0 Å². The molecule has 2 aromatic rings. The van der Waals surface area contributed by atoms with Crippen molar-refractivity contribution in [3.8, 4) is 6.07 Å². The normalized spacial score (nSPS) is 12.9. The second-order valence-electron chi connectivity index (χ2n) is 4.01. The Balaban J connectivity index is 1.89. The lowest BCUT2D eigenvalue weighted by atomic mass is 10.3. The van der Waals surface area contributed by atoms with Gasteiger partial charge >= 0.3 is 0 Å². The Labute approximate surface area is 114 Å².